The van der Waals surface area contributed by atoms with Gasteiger partial charge in [0.25, 0.3) is 0 Å². The number of hydrogen-bond acceptors (Lipinski definition) is 2. The third kappa shape index (κ3) is 2.77. The lowest BCUT2D eigenvalue weighted by atomic mass is 10.1. The maximum Gasteiger partial charge on any atom is 0.196 e. The Balaban J connectivity index is 2.25. The summed E-state index contributed by atoms with van der Waals surface area (Å²) < 4.78 is 39.9. The maximum atomic E-state index is 13.7. The van der Waals surface area contributed by atoms with Gasteiger partial charge in [0.15, 0.2) is 17.5 Å². The van der Waals surface area contributed by atoms with E-state index in [9.17, 15) is 13.2 Å². The van der Waals surface area contributed by atoms with E-state index in [1.54, 1.807) is 4.90 Å². The molecule has 2 nitrogen and oxygen atoms in total. The second kappa shape index (κ2) is 5.61. The highest BCUT2D eigenvalue weighted by Gasteiger charge is 2.20. The molecule has 1 aliphatic heterocycles. The molecule has 0 radical (unpaired) electrons. The van der Waals surface area contributed by atoms with E-state index in [1.165, 1.54) is 6.07 Å². The number of anilines is 1. The molecule has 1 aromatic carbocycles. The fourth-order valence-corrected chi connectivity index (χ4v) is 2.25. The maximum absolute atomic E-state index is 13.7. The third-order valence-corrected chi connectivity index (χ3v) is 3.16. The smallest absolute Gasteiger partial charge is 0.196 e. The molecule has 1 fully saturated rings. The summed E-state index contributed by atoms with van der Waals surface area (Å²) in [4.78, 5) is 1.80. The average Bonchev–Trinajstić information content (AvgIpc) is 2.31. The molecule has 0 saturated carbocycles. The van der Waals surface area contributed by atoms with Crippen molar-refractivity contribution in [2.75, 3.05) is 31.1 Å². The van der Waals surface area contributed by atoms with Crippen LogP contribution in [0.2, 0.25) is 0 Å². The Morgan fingerprint density at radius 2 is 2.00 bits per heavy atom. The van der Waals surface area contributed by atoms with Crippen molar-refractivity contribution in [2.45, 2.75) is 13.3 Å². The van der Waals surface area contributed by atoms with Gasteiger partial charge in [-0.25, -0.2) is 13.2 Å². The molecule has 0 bridgehead atoms. The van der Waals surface area contributed by atoms with Crippen molar-refractivity contribution >= 4 is 5.69 Å². The Labute approximate surface area is 105 Å². The lowest BCUT2D eigenvalue weighted by molar-refractivity contribution is 0.435. The average molecular weight is 258 g/mol. The predicted molar refractivity (Wildman–Crippen MR) is 65.2 cm³/mol. The van der Waals surface area contributed by atoms with Crippen molar-refractivity contribution in [1.82, 2.24) is 5.32 Å². The highest BCUT2D eigenvalue weighted by atomic mass is 19.2. The highest BCUT2D eigenvalue weighted by Crippen LogP contribution is 2.24. The molecular formula is C13H17F3N2. The van der Waals surface area contributed by atoms with Crippen LogP contribution in [0.5, 0.6) is 0 Å². The van der Waals surface area contributed by atoms with Crippen LogP contribution in [0.1, 0.15) is 13.3 Å². The lowest BCUT2D eigenvalue weighted by Gasteiger charge is -2.30. The molecule has 0 aromatic heterocycles. The topological polar surface area (TPSA) is 15.3 Å². The summed E-state index contributed by atoms with van der Waals surface area (Å²) >= 11 is 0. The summed E-state index contributed by atoms with van der Waals surface area (Å²) in [6, 6.07) is 2.30. The van der Waals surface area contributed by atoms with Gasteiger partial charge in [-0.1, -0.05) is 6.92 Å². The van der Waals surface area contributed by atoms with E-state index in [0.29, 0.717) is 19.0 Å². The van der Waals surface area contributed by atoms with Crippen LogP contribution in [-0.4, -0.2) is 26.2 Å². The van der Waals surface area contributed by atoms with E-state index in [2.05, 4.69) is 5.32 Å². The Hall–Kier alpha value is -1.23. The van der Waals surface area contributed by atoms with E-state index in [0.717, 1.165) is 25.6 Å². The first-order chi connectivity index (χ1) is 8.59. The zero-order valence-electron chi connectivity index (χ0n) is 10.3. The Bertz CT molecular complexity index is 423. The lowest BCUT2D eigenvalue weighted by Crippen LogP contribution is -2.39. The molecule has 18 heavy (non-hydrogen) atoms. The van der Waals surface area contributed by atoms with Crippen LogP contribution in [0, 0.1) is 23.4 Å². The second-order valence-corrected chi connectivity index (χ2v) is 4.80. The Morgan fingerprint density at radius 1 is 1.22 bits per heavy atom. The Morgan fingerprint density at radius 3 is 2.78 bits per heavy atom. The summed E-state index contributed by atoms with van der Waals surface area (Å²) in [5, 5.41) is 3.29. The van der Waals surface area contributed by atoms with E-state index in [1.807, 2.05) is 6.92 Å². The summed E-state index contributed by atoms with van der Waals surface area (Å²) in [6.45, 7) is 5.02. The molecule has 1 heterocycles. The van der Waals surface area contributed by atoms with Crippen molar-refractivity contribution < 1.29 is 13.2 Å². The van der Waals surface area contributed by atoms with Crippen LogP contribution >= 0.6 is 0 Å². The summed E-state index contributed by atoms with van der Waals surface area (Å²) in [6.07, 6.45) is 0.852. The first-order valence-electron chi connectivity index (χ1n) is 6.18. The predicted octanol–water partition coefficient (Wildman–Crippen LogP) is 2.54. The van der Waals surface area contributed by atoms with Crippen LogP contribution in [-0.2, 0) is 0 Å². The molecule has 1 saturated heterocycles. The summed E-state index contributed by atoms with van der Waals surface area (Å²) in [5.74, 6) is -3.29. The summed E-state index contributed by atoms with van der Waals surface area (Å²) in [5.41, 5.74) is 0.155. The van der Waals surface area contributed by atoms with Gasteiger partial charge in [-0.05, 0) is 37.6 Å². The molecular weight excluding hydrogens is 241 g/mol. The van der Waals surface area contributed by atoms with Gasteiger partial charge >= 0.3 is 0 Å². The van der Waals surface area contributed by atoms with Gasteiger partial charge in [0, 0.05) is 13.1 Å². The van der Waals surface area contributed by atoms with Crippen molar-refractivity contribution in [3.63, 3.8) is 0 Å². The zero-order valence-corrected chi connectivity index (χ0v) is 10.3. The van der Waals surface area contributed by atoms with Crippen LogP contribution < -0.4 is 10.2 Å². The van der Waals surface area contributed by atoms with Gasteiger partial charge in [0.1, 0.15) is 0 Å². The Kier molecular flexibility index (Phi) is 4.11. The number of nitrogens with zero attached hydrogens (tertiary/aromatic N) is 1. The molecule has 0 aliphatic carbocycles. The van der Waals surface area contributed by atoms with E-state index in [4.69, 9.17) is 0 Å². The minimum atomic E-state index is -1.39. The fourth-order valence-electron chi connectivity index (χ4n) is 2.25. The number of hydrogen-bond donors (Lipinski definition) is 1. The standard InChI is InChI=1S/C13H17F3N2/c1-9-7-17-5-2-6-18(8-9)11-4-3-10(14)12(15)13(11)16/h3-4,9,17H,2,5-8H2,1H3. The monoisotopic (exact) mass is 258 g/mol. The van der Waals surface area contributed by atoms with Crippen molar-refractivity contribution in [3.8, 4) is 0 Å². The number of rotatable bonds is 1. The number of nitrogens with one attached hydrogen (secondary N) is 1. The van der Waals surface area contributed by atoms with E-state index >= 15 is 0 Å². The van der Waals surface area contributed by atoms with Gasteiger partial charge in [-0.2, -0.15) is 0 Å². The first kappa shape index (κ1) is 13.2. The van der Waals surface area contributed by atoms with Gasteiger partial charge in [-0.3, -0.25) is 0 Å². The van der Waals surface area contributed by atoms with Gasteiger partial charge in [0.2, 0.25) is 0 Å². The highest BCUT2D eigenvalue weighted by molar-refractivity contribution is 5.48. The minimum absolute atomic E-state index is 0.155. The molecule has 0 spiro atoms. The van der Waals surface area contributed by atoms with Crippen LogP contribution in [0.3, 0.4) is 0 Å². The number of halogens is 3. The SMILES string of the molecule is CC1CNCCCN(c2ccc(F)c(F)c2F)C1. The molecule has 0 amide bonds. The molecule has 5 heteroatoms. The molecule has 1 unspecified atom stereocenters. The van der Waals surface area contributed by atoms with Gasteiger partial charge in [0.05, 0.1) is 5.69 Å². The van der Waals surface area contributed by atoms with Crippen molar-refractivity contribution in [2.24, 2.45) is 5.92 Å². The molecule has 100 valence electrons. The van der Waals surface area contributed by atoms with Gasteiger partial charge < -0.3 is 10.2 Å². The molecule has 2 rings (SSSR count). The number of benzene rings is 1. The zero-order chi connectivity index (χ0) is 13.1. The molecule has 1 N–H and O–H groups in total. The van der Waals surface area contributed by atoms with Crippen LogP contribution in [0.15, 0.2) is 12.1 Å². The van der Waals surface area contributed by atoms with Gasteiger partial charge in [-0.15, -0.1) is 0 Å². The quantitative estimate of drug-likeness (QED) is 0.779. The fraction of sp³-hybridized carbons (Fsp3) is 0.538. The van der Waals surface area contributed by atoms with E-state index in [-0.39, 0.29) is 5.69 Å². The van der Waals surface area contributed by atoms with E-state index < -0.39 is 17.5 Å². The van der Waals surface area contributed by atoms with Crippen LogP contribution in [0.4, 0.5) is 18.9 Å². The molecule has 1 atom stereocenters. The van der Waals surface area contributed by atoms with Crippen molar-refractivity contribution in [3.05, 3.63) is 29.6 Å². The summed E-state index contributed by atoms with van der Waals surface area (Å²) in [7, 11) is 0. The largest absolute Gasteiger partial charge is 0.369 e. The first-order valence-corrected chi connectivity index (χ1v) is 6.18. The second-order valence-electron chi connectivity index (χ2n) is 4.80. The van der Waals surface area contributed by atoms with Crippen LogP contribution in [0.25, 0.3) is 0 Å². The third-order valence-electron chi connectivity index (χ3n) is 3.16. The molecule has 1 aliphatic rings. The van der Waals surface area contributed by atoms with Crippen molar-refractivity contribution in [1.29, 1.82) is 0 Å². The normalized spacial score (nSPS) is 21.6. The molecule has 1 aromatic rings. The minimum Gasteiger partial charge on any atom is -0.369 e.